The van der Waals surface area contributed by atoms with E-state index in [0.717, 1.165) is 12.3 Å². The molecule has 25 heavy (non-hydrogen) atoms. The molecule has 4 nitrogen and oxygen atoms in total. The summed E-state index contributed by atoms with van der Waals surface area (Å²) in [6, 6.07) is 9.11. The molecule has 0 bridgehead atoms. The van der Waals surface area contributed by atoms with Crippen molar-refractivity contribution in [1.82, 2.24) is 4.98 Å². The summed E-state index contributed by atoms with van der Waals surface area (Å²) in [5.74, 6) is -0.449. The number of esters is 1. The van der Waals surface area contributed by atoms with Crippen LogP contribution >= 0.6 is 0 Å². The fourth-order valence-electron chi connectivity index (χ4n) is 2.36. The molecule has 2 N–H and O–H groups in total. The van der Waals surface area contributed by atoms with Crippen molar-refractivity contribution in [3.05, 3.63) is 53.7 Å². The minimum Gasteiger partial charge on any atom is -0.465 e. The van der Waals surface area contributed by atoms with Crippen molar-refractivity contribution in [1.29, 1.82) is 0 Å². The fourth-order valence-corrected chi connectivity index (χ4v) is 2.36. The zero-order valence-electron chi connectivity index (χ0n) is 13.9. The van der Waals surface area contributed by atoms with Crippen molar-refractivity contribution in [2.24, 2.45) is 5.73 Å². The molecule has 134 valence electrons. The minimum absolute atomic E-state index is 0.0374. The molecule has 0 fully saturated rings. The lowest BCUT2D eigenvalue weighted by Crippen LogP contribution is -2.41. The second-order valence-corrected chi connectivity index (χ2v) is 5.77. The zero-order valence-corrected chi connectivity index (χ0v) is 13.9. The van der Waals surface area contributed by atoms with Gasteiger partial charge in [0, 0.05) is 18.3 Å². The lowest BCUT2D eigenvalue weighted by atomic mass is 9.81. The first-order chi connectivity index (χ1) is 11.7. The van der Waals surface area contributed by atoms with Crippen molar-refractivity contribution in [3.63, 3.8) is 0 Å². The molecule has 2 aromatic rings. The highest BCUT2D eigenvalue weighted by atomic mass is 19.4. The van der Waals surface area contributed by atoms with E-state index in [-0.39, 0.29) is 13.2 Å². The van der Waals surface area contributed by atoms with E-state index < -0.39 is 23.1 Å². The first-order valence-electron chi connectivity index (χ1n) is 7.74. The van der Waals surface area contributed by atoms with Crippen LogP contribution in [0.5, 0.6) is 0 Å². The topological polar surface area (TPSA) is 65.2 Å². The SMILES string of the molecule is CCOC(=O)C(C)(CN)c1cccc(-c2ccc(C(F)(F)F)cn2)c1. The Kier molecular flexibility index (Phi) is 5.47. The number of carbonyl (C=O) groups is 1. The van der Waals surface area contributed by atoms with Crippen LogP contribution in [0.3, 0.4) is 0 Å². The zero-order chi connectivity index (χ0) is 18.7. The molecule has 0 amide bonds. The van der Waals surface area contributed by atoms with Gasteiger partial charge in [0.25, 0.3) is 0 Å². The standard InChI is InChI=1S/C18H19F3N2O2/c1-3-25-16(24)17(2,11-22)13-6-4-5-12(9-13)15-8-7-14(10-23-15)18(19,20)21/h4-10H,3,11,22H2,1-2H3. The maximum Gasteiger partial charge on any atom is 0.417 e. The highest BCUT2D eigenvalue weighted by Crippen LogP contribution is 2.31. The lowest BCUT2D eigenvalue weighted by Gasteiger charge is -2.26. The van der Waals surface area contributed by atoms with Gasteiger partial charge in [0.15, 0.2) is 0 Å². The molecular weight excluding hydrogens is 333 g/mol. The predicted octanol–water partition coefficient (Wildman–Crippen LogP) is 3.55. The van der Waals surface area contributed by atoms with Crippen molar-refractivity contribution in [2.75, 3.05) is 13.2 Å². The number of ether oxygens (including phenoxy) is 1. The second-order valence-electron chi connectivity index (χ2n) is 5.77. The molecule has 1 heterocycles. The number of benzene rings is 1. The maximum atomic E-state index is 12.6. The first-order valence-corrected chi connectivity index (χ1v) is 7.74. The number of aromatic nitrogens is 1. The summed E-state index contributed by atoms with van der Waals surface area (Å²) in [5.41, 5.74) is 5.51. The Bertz CT molecular complexity index is 745. The minimum atomic E-state index is -4.44. The lowest BCUT2D eigenvalue weighted by molar-refractivity contribution is -0.149. The van der Waals surface area contributed by atoms with Gasteiger partial charge in [-0.05, 0) is 37.6 Å². The van der Waals surface area contributed by atoms with Crippen LogP contribution in [0.25, 0.3) is 11.3 Å². The Morgan fingerprint density at radius 2 is 1.92 bits per heavy atom. The van der Waals surface area contributed by atoms with Crippen molar-refractivity contribution in [3.8, 4) is 11.3 Å². The van der Waals surface area contributed by atoms with Crippen LogP contribution in [0, 0.1) is 0 Å². The summed E-state index contributed by atoms with van der Waals surface area (Å²) >= 11 is 0. The average Bonchev–Trinajstić information content (AvgIpc) is 2.60. The van der Waals surface area contributed by atoms with E-state index in [9.17, 15) is 18.0 Å². The van der Waals surface area contributed by atoms with E-state index in [2.05, 4.69) is 4.98 Å². The maximum absolute atomic E-state index is 12.6. The molecule has 1 aromatic carbocycles. The molecule has 1 unspecified atom stereocenters. The van der Waals surface area contributed by atoms with Gasteiger partial charge < -0.3 is 10.5 Å². The van der Waals surface area contributed by atoms with E-state index >= 15 is 0 Å². The third kappa shape index (κ3) is 3.99. The Morgan fingerprint density at radius 3 is 2.44 bits per heavy atom. The van der Waals surface area contributed by atoms with Crippen LogP contribution in [0.15, 0.2) is 42.6 Å². The Balaban J connectivity index is 2.40. The molecule has 0 spiro atoms. The highest BCUT2D eigenvalue weighted by Gasteiger charge is 2.35. The van der Waals surface area contributed by atoms with E-state index in [1.807, 2.05) is 0 Å². The normalized spacial score (nSPS) is 14.0. The van der Waals surface area contributed by atoms with Crippen molar-refractivity contribution in [2.45, 2.75) is 25.4 Å². The quantitative estimate of drug-likeness (QED) is 0.836. The number of carbonyl (C=O) groups excluding carboxylic acids is 1. The number of rotatable bonds is 5. The van der Waals surface area contributed by atoms with E-state index in [1.54, 1.807) is 38.1 Å². The molecule has 0 saturated heterocycles. The molecule has 0 aliphatic carbocycles. The molecule has 0 saturated carbocycles. The van der Waals surface area contributed by atoms with Crippen molar-refractivity contribution < 1.29 is 22.7 Å². The van der Waals surface area contributed by atoms with Gasteiger partial charge in [-0.15, -0.1) is 0 Å². The van der Waals surface area contributed by atoms with Crippen LogP contribution in [0.1, 0.15) is 25.0 Å². The van der Waals surface area contributed by atoms with Crippen LogP contribution in [0.4, 0.5) is 13.2 Å². The van der Waals surface area contributed by atoms with Gasteiger partial charge in [-0.3, -0.25) is 9.78 Å². The highest BCUT2D eigenvalue weighted by molar-refractivity contribution is 5.83. The fraction of sp³-hybridized carbons (Fsp3) is 0.333. The Morgan fingerprint density at radius 1 is 1.20 bits per heavy atom. The largest absolute Gasteiger partial charge is 0.465 e. The molecule has 1 aromatic heterocycles. The average molecular weight is 352 g/mol. The molecule has 0 aliphatic heterocycles. The van der Waals surface area contributed by atoms with E-state index in [0.29, 0.717) is 16.8 Å². The molecular formula is C18H19F3N2O2. The van der Waals surface area contributed by atoms with Gasteiger partial charge in [0.1, 0.15) is 5.41 Å². The van der Waals surface area contributed by atoms with Crippen LogP contribution < -0.4 is 5.73 Å². The summed E-state index contributed by atoms with van der Waals surface area (Å²) in [5, 5.41) is 0. The summed E-state index contributed by atoms with van der Waals surface area (Å²) in [4.78, 5) is 16.1. The van der Waals surface area contributed by atoms with Crippen LogP contribution in [0.2, 0.25) is 0 Å². The summed E-state index contributed by atoms with van der Waals surface area (Å²) in [6.07, 6.45) is -3.65. The molecule has 1 atom stereocenters. The van der Waals surface area contributed by atoms with Gasteiger partial charge in [-0.2, -0.15) is 13.2 Å². The Hall–Kier alpha value is -2.41. The van der Waals surface area contributed by atoms with Crippen LogP contribution in [-0.2, 0) is 21.1 Å². The number of nitrogens with zero attached hydrogens (tertiary/aromatic N) is 1. The summed E-state index contributed by atoms with van der Waals surface area (Å²) < 4.78 is 43.0. The molecule has 0 aliphatic rings. The third-order valence-electron chi connectivity index (χ3n) is 4.02. The van der Waals surface area contributed by atoms with Gasteiger partial charge in [-0.1, -0.05) is 18.2 Å². The van der Waals surface area contributed by atoms with Gasteiger partial charge in [0.05, 0.1) is 17.9 Å². The van der Waals surface area contributed by atoms with E-state index in [1.165, 1.54) is 6.07 Å². The number of hydrogen-bond donors (Lipinski definition) is 1. The van der Waals surface area contributed by atoms with Gasteiger partial charge in [-0.25, -0.2) is 0 Å². The summed E-state index contributed by atoms with van der Waals surface area (Å²) in [6.45, 7) is 3.64. The number of hydrogen-bond acceptors (Lipinski definition) is 4. The number of pyridine rings is 1. The van der Waals surface area contributed by atoms with Crippen LogP contribution in [-0.4, -0.2) is 24.1 Å². The smallest absolute Gasteiger partial charge is 0.417 e. The third-order valence-corrected chi connectivity index (χ3v) is 4.02. The Labute approximate surface area is 143 Å². The first kappa shape index (κ1) is 18.9. The second kappa shape index (κ2) is 7.23. The van der Waals surface area contributed by atoms with Gasteiger partial charge in [0.2, 0.25) is 0 Å². The molecule has 0 radical (unpaired) electrons. The van der Waals surface area contributed by atoms with E-state index in [4.69, 9.17) is 10.5 Å². The molecule has 2 rings (SSSR count). The number of halogens is 3. The monoisotopic (exact) mass is 352 g/mol. The number of nitrogens with two attached hydrogens (primary N) is 1. The summed E-state index contributed by atoms with van der Waals surface area (Å²) in [7, 11) is 0. The molecule has 7 heteroatoms. The van der Waals surface area contributed by atoms with Gasteiger partial charge >= 0.3 is 12.1 Å². The predicted molar refractivity (Wildman–Crippen MR) is 87.7 cm³/mol. The number of alkyl halides is 3. The van der Waals surface area contributed by atoms with Crippen molar-refractivity contribution >= 4 is 5.97 Å².